The van der Waals surface area contributed by atoms with Gasteiger partial charge >= 0.3 is 5.97 Å². The average molecular weight is 272 g/mol. The summed E-state index contributed by atoms with van der Waals surface area (Å²) in [6.45, 7) is 0. The van der Waals surface area contributed by atoms with Gasteiger partial charge in [0.1, 0.15) is 5.15 Å². The molecule has 0 aliphatic rings. The Morgan fingerprint density at radius 1 is 1.47 bits per heavy atom. The first-order chi connectivity index (χ1) is 7.99. The van der Waals surface area contributed by atoms with Gasteiger partial charge in [-0.15, -0.1) is 0 Å². The molecule has 2 heterocycles. The Bertz CT molecular complexity index is 595. The summed E-state index contributed by atoms with van der Waals surface area (Å²) in [7, 11) is 1.75. The molecular formula is C10H7Cl2N3O2. The van der Waals surface area contributed by atoms with Crippen LogP contribution in [0.3, 0.4) is 0 Å². The minimum atomic E-state index is -1.15. The minimum Gasteiger partial charge on any atom is -0.478 e. The molecule has 0 unspecified atom stereocenters. The van der Waals surface area contributed by atoms with Gasteiger partial charge in [-0.25, -0.2) is 9.78 Å². The van der Waals surface area contributed by atoms with E-state index in [-0.39, 0.29) is 15.7 Å². The molecule has 17 heavy (non-hydrogen) atoms. The number of carbonyl (C=O) groups is 1. The summed E-state index contributed by atoms with van der Waals surface area (Å²) in [5.74, 6) is -1.15. The number of nitrogens with zero attached hydrogens (tertiary/aromatic N) is 3. The van der Waals surface area contributed by atoms with Crippen LogP contribution in [0.4, 0.5) is 0 Å². The lowest BCUT2D eigenvalue weighted by Gasteiger charge is -2.03. The molecule has 0 spiro atoms. The third-order valence-electron chi connectivity index (χ3n) is 2.15. The SMILES string of the molecule is Cn1cc(-c2cc(C(=O)O)c(Cl)c(Cl)n2)cn1. The van der Waals surface area contributed by atoms with E-state index in [1.807, 2.05) is 0 Å². The maximum absolute atomic E-state index is 11.0. The van der Waals surface area contributed by atoms with E-state index in [9.17, 15) is 4.79 Å². The number of aryl methyl sites for hydroxylation is 1. The zero-order valence-electron chi connectivity index (χ0n) is 8.69. The van der Waals surface area contributed by atoms with Gasteiger partial charge in [-0.3, -0.25) is 4.68 Å². The van der Waals surface area contributed by atoms with Gasteiger partial charge in [0.05, 0.1) is 22.5 Å². The average Bonchev–Trinajstić information content (AvgIpc) is 2.68. The molecule has 0 saturated carbocycles. The molecular weight excluding hydrogens is 265 g/mol. The summed E-state index contributed by atoms with van der Waals surface area (Å²) >= 11 is 11.5. The molecule has 5 nitrogen and oxygen atoms in total. The van der Waals surface area contributed by atoms with E-state index in [0.717, 1.165) is 0 Å². The van der Waals surface area contributed by atoms with Crippen molar-refractivity contribution in [1.29, 1.82) is 0 Å². The summed E-state index contributed by atoms with van der Waals surface area (Å²) in [6, 6.07) is 1.37. The molecule has 1 N–H and O–H groups in total. The normalized spacial score (nSPS) is 10.5. The van der Waals surface area contributed by atoms with E-state index in [2.05, 4.69) is 10.1 Å². The smallest absolute Gasteiger partial charge is 0.337 e. The largest absolute Gasteiger partial charge is 0.478 e. The van der Waals surface area contributed by atoms with Crippen LogP contribution in [0.5, 0.6) is 0 Å². The van der Waals surface area contributed by atoms with Crippen molar-refractivity contribution < 1.29 is 9.90 Å². The van der Waals surface area contributed by atoms with Crippen LogP contribution in [0, 0.1) is 0 Å². The fraction of sp³-hybridized carbons (Fsp3) is 0.100. The molecule has 7 heteroatoms. The van der Waals surface area contributed by atoms with Crippen LogP contribution in [0.25, 0.3) is 11.3 Å². The molecule has 2 rings (SSSR count). The zero-order valence-corrected chi connectivity index (χ0v) is 10.2. The topological polar surface area (TPSA) is 68.0 Å². The van der Waals surface area contributed by atoms with Crippen molar-refractivity contribution in [2.75, 3.05) is 0 Å². The Morgan fingerprint density at radius 3 is 2.71 bits per heavy atom. The van der Waals surface area contributed by atoms with Gasteiger partial charge in [-0.2, -0.15) is 5.10 Å². The number of hydrogen-bond donors (Lipinski definition) is 1. The predicted molar refractivity (Wildman–Crippen MR) is 63.4 cm³/mol. The summed E-state index contributed by atoms with van der Waals surface area (Å²) in [5, 5.41) is 12.8. The highest BCUT2D eigenvalue weighted by atomic mass is 35.5. The number of aromatic nitrogens is 3. The van der Waals surface area contributed by atoms with Crippen molar-refractivity contribution in [3.05, 3.63) is 34.2 Å². The summed E-state index contributed by atoms with van der Waals surface area (Å²) < 4.78 is 1.58. The maximum Gasteiger partial charge on any atom is 0.337 e. The molecule has 0 bridgehead atoms. The fourth-order valence-corrected chi connectivity index (χ4v) is 1.73. The second kappa shape index (κ2) is 4.35. The molecule has 2 aromatic heterocycles. The Labute approximate surface area is 107 Å². The van der Waals surface area contributed by atoms with Gasteiger partial charge in [0.15, 0.2) is 0 Å². The van der Waals surface area contributed by atoms with E-state index < -0.39 is 5.97 Å². The molecule has 0 atom stereocenters. The number of halogens is 2. The van der Waals surface area contributed by atoms with E-state index in [1.54, 1.807) is 24.1 Å². The molecule has 88 valence electrons. The third-order valence-corrected chi connectivity index (χ3v) is 2.90. The van der Waals surface area contributed by atoms with E-state index >= 15 is 0 Å². The van der Waals surface area contributed by atoms with Crippen LogP contribution in [0.2, 0.25) is 10.2 Å². The Balaban J connectivity index is 2.60. The predicted octanol–water partition coefficient (Wildman–Crippen LogP) is 2.49. The molecule has 0 aromatic carbocycles. The first-order valence-electron chi connectivity index (χ1n) is 4.57. The lowest BCUT2D eigenvalue weighted by Crippen LogP contribution is -2.00. The molecule has 0 aliphatic carbocycles. The van der Waals surface area contributed by atoms with Crippen LogP contribution < -0.4 is 0 Å². The zero-order chi connectivity index (χ0) is 12.6. The van der Waals surface area contributed by atoms with Crippen LogP contribution in [-0.2, 0) is 7.05 Å². The van der Waals surface area contributed by atoms with Crippen LogP contribution >= 0.6 is 23.2 Å². The highest BCUT2D eigenvalue weighted by Crippen LogP contribution is 2.28. The highest BCUT2D eigenvalue weighted by Gasteiger charge is 2.16. The monoisotopic (exact) mass is 271 g/mol. The maximum atomic E-state index is 11.0. The summed E-state index contributed by atoms with van der Waals surface area (Å²) in [4.78, 5) is 15.0. The van der Waals surface area contributed by atoms with Gasteiger partial charge in [-0.05, 0) is 6.07 Å². The van der Waals surface area contributed by atoms with Gasteiger partial charge in [0.2, 0.25) is 0 Å². The Kier molecular flexibility index (Phi) is 3.04. The van der Waals surface area contributed by atoms with Crippen molar-refractivity contribution in [3.8, 4) is 11.3 Å². The van der Waals surface area contributed by atoms with Crippen molar-refractivity contribution >= 4 is 29.2 Å². The molecule has 0 fully saturated rings. The first-order valence-corrected chi connectivity index (χ1v) is 5.33. The Hall–Kier alpha value is -1.59. The number of pyridine rings is 1. The van der Waals surface area contributed by atoms with Crippen molar-refractivity contribution in [1.82, 2.24) is 14.8 Å². The Morgan fingerprint density at radius 2 is 2.18 bits per heavy atom. The first kappa shape index (κ1) is 11.9. The van der Waals surface area contributed by atoms with E-state index in [4.69, 9.17) is 28.3 Å². The highest BCUT2D eigenvalue weighted by molar-refractivity contribution is 6.43. The van der Waals surface area contributed by atoms with Gasteiger partial charge in [0.25, 0.3) is 0 Å². The molecule has 0 saturated heterocycles. The van der Waals surface area contributed by atoms with Gasteiger partial charge in [-0.1, -0.05) is 23.2 Å². The molecule has 0 radical (unpaired) electrons. The van der Waals surface area contributed by atoms with E-state index in [1.165, 1.54) is 6.07 Å². The summed E-state index contributed by atoms with van der Waals surface area (Å²) in [5.41, 5.74) is 1.02. The molecule has 2 aromatic rings. The van der Waals surface area contributed by atoms with Crippen LogP contribution in [0.15, 0.2) is 18.5 Å². The minimum absolute atomic E-state index is 0.0366. The van der Waals surface area contributed by atoms with Crippen LogP contribution in [-0.4, -0.2) is 25.8 Å². The van der Waals surface area contributed by atoms with Crippen molar-refractivity contribution in [2.45, 2.75) is 0 Å². The number of rotatable bonds is 2. The second-order valence-corrected chi connectivity index (χ2v) is 4.10. The fourth-order valence-electron chi connectivity index (χ4n) is 1.36. The van der Waals surface area contributed by atoms with Crippen molar-refractivity contribution in [2.24, 2.45) is 7.05 Å². The second-order valence-electron chi connectivity index (χ2n) is 3.37. The standard InChI is InChI=1S/C10H7Cl2N3O2/c1-15-4-5(3-13-15)7-2-6(10(16)17)8(11)9(12)14-7/h2-4H,1H3,(H,16,17). The van der Waals surface area contributed by atoms with Crippen molar-refractivity contribution in [3.63, 3.8) is 0 Å². The lowest BCUT2D eigenvalue weighted by atomic mass is 10.1. The quantitative estimate of drug-likeness (QED) is 0.853. The third kappa shape index (κ3) is 2.25. The molecule has 0 amide bonds. The van der Waals surface area contributed by atoms with Gasteiger partial charge in [0, 0.05) is 18.8 Å². The number of carboxylic acids is 1. The number of hydrogen-bond acceptors (Lipinski definition) is 3. The summed E-state index contributed by atoms with van der Waals surface area (Å²) in [6.07, 6.45) is 3.27. The van der Waals surface area contributed by atoms with E-state index in [0.29, 0.717) is 11.3 Å². The number of aromatic carboxylic acids is 1. The lowest BCUT2D eigenvalue weighted by molar-refractivity contribution is 0.0697. The van der Waals surface area contributed by atoms with Crippen LogP contribution in [0.1, 0.15) is 10.4 Å². The molecule has 0 aliphatic heterocycles. The number of carboxylic acid groups (broad SMARTS) is 1. The van der Waals surface area contributed by atoms with Gasteiger partial charge < -0.3 is 5.11 Å².